The van der Waals surface area contributed by atoms with Crippen molar-refractivity contribution < 1.29 is 19.1 Å². The van der Waals surface area contributed by atoms with Crippen LogP contribution in [0.15, 0.2) is 36.4 Å². The average molecular weight is 460 g/mol. The van der Waals surface area contributed by atoms with Crippen molar-refractivity contribution in [1.29, 1.82) is 0 Å². The van der Waals surface area contributed by atoms with Crippen molar-refractivity contribution in [3.63, 3.8) is 0 Å². The number of nitrogens with zero attached hydrogens (tertiary/aromatic N) is 1. The van der Waals surface area contributed by atoms with Gasteiger partial charge in [-0.15, -0.1) is 0 Å². The van der Waals surface area contributed by atoms with Crippen LogP contribution in [0, 0.1) is 0 Å². The molecule has 1 saturated heterocycles. The molecule has 0 unspecified atom stereocenters. The predicted octanol–water partition coefficient (Wildman–Crippen LogP) is 4.76. The number of ether oxygens (including phenoxy) is 1. The Hall–Kier alpha value is -2.08. The van der Waals surface area contributed by atoms with E-state index in [0.717, 1.165) is 49.2 Å². The number of allylic oxidation sites excluding steroid dienone is 1. The molecule has 0 aliphatic carbocycles. The molecule has 0 saturated carbocycles. The van der Waals surface area contributed by atoms with Crippen molar-refractivity contribution in [3.05, 3.63) is 47.5 Å². The lowest BCUT2D eigenvalue weighted by Crippen LogP contribution is -2.33. The van der Waals surface area contributed by atoms with Gasteiger partial charge < -0.3 is 9.64 Å². The molecule has 1 aromatic carbocycles. The summed E-state index contributed by atoms with van der Waals surface area (Å²) in [5.41, 5.74) is 2.27. The van der Waals surface area contributed by atoms with E-state index in [1.807, 2.05) is 23.1 Å². The SMILES string of the molecule is CCCCOC(=O)CCCSCCN1C(=O)CC[C@@H]1/C=C/C(=O)Cc1cccc(CC)c1. The number of likely N-dealkylation sites (tertiary alicyclic amines) is 1. The fourth-order valence-electron chi connectivity index (χ4n) is 3.67. The molecule has 32 heavy (non-hydrogen) atoms. The molecule has 0 N–H and O–H groups in total. The van der Waals surface area contributed by atoms with E-state index in [9.17, 15) is 14.4 Å². The Kier molecular flexibility index (Phi) is 12.2. The fraction of sp³-hybridized carbons (Fsp3) is 0.577. The standard InChI is InChI=1S/C26H37NO4S/c1-3-5-16-31-26(30)10-7-17-32-18-15-27-23(12-14-25(27)29)11-13-24(28)20-22-9-6-8-21(4-2)19-22/h6,8-9,11,13,19,23H,3-5,7,10,12,14-18,20H2,1-2H3/b13-11+/t23-/m0/s1. The van der Waals surface area contributed by atoms with Crippen LogP contribution in [-0.2, 0) is 32.0 Å². The second kappa shape index (κ2) is 14.9. The van der Waals surface area contributed by atoms with Crippen LogP contribution in [0.2, 0.25) is 0 Å². The van der Waals surface area contributed by atoms with Gasteiger partial charge in [0.05, 0.1) is 12.6 Å². The molecule has 1 heterocycles. The van der Waals surface area contributed by atoms with Crippen LogP contribution in [0.4, 0.5) is 0 Å². The van der Waals surface area contributed by atoms with E-state index in [-0.39, 0.29) is 23.7 Å². The van der Waals surface area contributed by atoms with Gasteiger partial charge in [0.1, 0.15) is 0 Å². The first-order valence-electron chi connectivity index (χ1n) is 11.8. The molecule has 0 radical (unpaired) electrons. The molecule has 0 aromatic heterocycles. The van der Waals surface area contributed by atoms with Gasteiger partial charge in [-0.3, -0.25) is 14.4 Å². The third kappa shape index (κ3) is 9.60. The molecule has 6 heteroatoms. The first kappa shape index (κ1) is 26.2. The van der Waals surface area contributed by atoms with Crippen LogP contribution < -0.4 is 0 Å². The number of hydrogen-bond acceptors (Lipinski definition) is 5. The first-order chi connectivity index (χ1) is 15.5. The number of rotatable bonds is 15. The van der Waals surface area contributed by atoms with Crippen LogP contribution in [0.5, 0.6) is 0 Å². The van der Waals surface area contributed by atoms with E-state index in [0.29, 0.717) is 32.4 Å². The lowest BCUT2D eigenvalue weighted by atomic mass is 10.0. The lowest BCUT2D eigenvalue weighted by Gasteiger charge is -2.22. The largest absolute Gasteiger partial charge is 0.466 e. The Morgan fingerprint density at radius 1 is 1.19 bits per heavy atom. The van der Waals surface area contributed by atoms with E-state index in [1.54, 1.807) is 17.8 Å². The molecule has 0 bridgehead atoms. The van der Waals surface area contributed by atoms with Gasteiger partial charge in [-0.25, -0.2) is 0 Å². The summed E-state index contributed by atoms with van der Waals surface area (Å²) in [6.07, 6.45) is 9.37. The van der Waals surface area contributed by atoms with Gasteiger partial charge in [-0.05, 0) is 48.6 Å². The first-order valence-corrected chi connectivity index (χ1v) is 13.0. The number of carbonyl (C=O) groups is 3. The molecule has 1 aromatic rings. The van der Waals surface area contributed by atoms with Crippen molar-refractivity contribution in [2.45, 2.75) is 71.3 Å². The molecule has 1 amide bonds. The summed E-state index contributed by atoms with van der Waals surface area (Å²) in [6.45, 7) is 5.36. The van der Waals surface area contributed by atoms with Gasteiger partial charge in [0, 0.05) is 31.6 Å². The number of thioether (sulfide) groups is 1. The number of carbonyl (C=O) groups excluding carboxylic acids is 3. The maximum atomic E-state index is 12.4. The summed E-state index contributed by atoms with van der Waals surface area (Å²) < 4.78 is 5.16. The molecule has 1 fully saturated rings. The van der Waals surface area contributed by atoms with Crippen molar-refractivity contribution in [3.8, 4) is 0 Å². The number of aryl methyl sites for hydroxylation is 1. The van der Waals surface area contributed by atoms with E-state index < -0.39 is 0 Å². The van der Waals surface area contributed by atoms with E-state index in [2.05, 4.69) is 26.0 Å². The van der Waals surface area contributed by atoms with E-state index >= 15 is 0 Å². The number of amides is 1. The quantitative estimate of drug-likeness (QED) is 0.215. The Labute approximate surface area is 197 Å². The Bertz CT molecular complexity index is 777. The summed E-state index contributed by atoms with van der Waals surface area (Å²) in [7, 11) is 0. The zero-order valence-electron chi connectivity index (χ0n) is 19.5. The van der Waals surface area contributed by atoms with E-state index in [4.69, 9.17) is 4.74 Å². The zero-order valence-corrected chi connectivity index (χ0v) is 20.3. The lowest BCUT2D eigenvalue weighted by molar-refractivity contribution is -0.143. The topological polar surface area (TPSA) is 63.7 Å². The highest BCUT2D eigenvalue weighted by molar-refractivity contribution is 7.99. The minimum atomic E-state index is -0.120. The van der Waals surface area contributed by atoms with Crippen molar-refractivity contribution in [2.24, 2.45) is 0 Å². The summed E-state index contributed by atoms with van der Waals surface area (Å²) in [4.78, 5) is 38.1. The maximum Gasteiger partial charge on any atom is 0.305 e. The van der Waals surface area contributed by atoms with Crippen molar-refractivity contribution in [2.75, 3.05) is 24.7 Å². The smallest absolute Gasteiger partial charge is 0.305 e. The number of unbranched alkanes of at least 4 members (excludes halogenated alkanes) is 1. The molecule has 5 nitrogen and oxygen atoms in total. The molecule has 2 rings (SSSR count). The Morgan fingerprint density at radius 2 is 2.00 bits per heavy atom. The second-order valence-electron chi connectivity index (χ2n) is 8.16. The van der Waals surface area contributed by atoms with Crippen molar-refractivity contribution in [1.82, 2.24) is 4.90 Å². The molecule has 1 aliphatic rings. The number of ketones is 1. The highest BCUT2D eigenvalue weighted by atomic mass is 32.2. The highest BCUT2D eigenvalue weighted by Crippen LogP contribution is 2.21. The number of benzene rings is 1. The molecule has 1 aliphatic heterocycles. The molecular weight excluding hydrogens is 422 g/mol. The third-order valence-corrected chi connectivity index (χ3v) is 6.61. The van der Waals surface area contributed by atoms with Gasteiger partial charge in [0.25, 0.3) is 0 Å². The van der Waals surface area contributed by atoms with Gasteiger partial charge in [0.2, 0.25) is 5.91 Å². The Morgan fingerprint density at radius 3 is 2.78 bits per heavy atom. The van der Waals surface area contributed by atoms with E-state index in [1.165, 1.54) is 5.56 Å². The Balaban J connectivity index is 1.69. The molecule has 1 atom stereocenters. The van der Waals surface area contributed by atoms with Crippen LogP contribution in [-0.4, -0.2) is 53.3 Å². The minimum absolute atomic E-state index is 0.00238. The van der Waals surface area contributed by atoms with Crippen LogP contribution >= 0.6 is 11.8 Å². The normalized spacial score (nSPS) is 16.1. The summed E-state index contributed by atoms with van der Waals surface area (Å²) >= 11 is 1.75. The molecular formula is C26H37NO4S. The molecule has 0 spiro atoms. The van der Waals surface area contributed by atoms with Gasteiger partial charge >= 0.3 is 5.97 Å². The second-order valence-corrected chi connectivity index (χ2v) is 9.38. The highest BCUT2D eigenvalue weighted by Gasteiger charge is 2.28. The van der Waals surface area contributed by atoms with Crippen LogP contribution in [0.25, 0.3) is 0 Å². The summed E-state index contributed by atoms with van der Waals surface area (Å²) in [6, 6.07) is 8.14. The van der Waals surface area contributed by atoms with Gasteiger partial charge in [0.15, 0.2) is 5.78 Å². The monoisotopic (exact) mass is 459 g/mol. The van der Waals surface area contributed by atoms with Crippen molar-refractivity contribution >= 4 is 29.4 Å². The number of esters is 1. The fourth-order valence-corrected chi connectivity index (χ4v) is 4.55. The van der Waals surface area contributed by atoms with Crippen LogP contribution in [0.1, 0.15) is 63.5 Å². The average Bonchev–Trinajstić information content (AvgIpc) is 3.14. The molecule has 176 valence electrons. The van der Waals surface area contributed by atoms with Gasteiger partial charge in [-0.1, -0.05) is 50.6 Å². The maximum absolute atomic E-state index is 12.4. The number of hydrogen-bond donors (Lipinski definition) is 0. The predicted molar refractivity (Wildman–Crippen MR) is 131 cm³/mol. The van der Waals surface area contributed by atoms with Crippen LogP contribution in [0.3, 0.4) is 0 Å². The summed E-state index contributed by atoms with van der Waals surface area (Å²) in [5, 5.41) is 0. The summed E-state index contributed by atoms with van der Waals surface area (Å²) in [5.74, 6) is 1.81. The third-order valence-electron chi connectivity index (χ3n) is 5.56. The minimum Gasteiger partial charge on any atom is -0.466 e. The zero-order chi connectivity index (χ0) is 23.2. The van der Waals surface area contributed by atoms with Gasteiger partial charge in [-0.2, -0.15) is 11.8 Å².